The summed E-state index contributed by atoms with van der Waals surface area (Å²) in [6.45, 7) is 6.06. The van der Waals surface area contributed by atoms with E-state index in [1.807, 2.05) is 12.3 Å². The zero-order chi connectivity index (χ0) is 12.1. The van der Waals surface area contributed by atoms with Gasteiger partial charge in [-0.3, -0.25) is 4.98 Å². The second-order valence-electron chi connectivity index (χ2n) is 4.77. The molecule has 2 unspecified atom stereocenters. The molecule has 1 N–H and O–H groups in total. The van der Waals surface area contributed by atoms with Crippen LogP contribution in [0, 0.1) is 6.92 Å². The monoisotopic (exact) mass is 234 g/mol. The van der Waals surface area contributed by atoms with Gasteiger partial charge in [-0.25, -0.2) is 0 Å². The predicted octanol–water partition coefficient (Wildman–Crippen LogP) is 2.44. The lowest BCUT2D eigenvalue weighted by molar-refractivity contribution is -0.000375. The molecule has 0 saturated carbocycles. The van der Waals surface area contributed by atoms with E-state index < -0.39 is 0 Å². The van der Waals surface area contributed by atoms with Crippen LogP contribution in [0.15, 0.2) is 18.3 Å². The zero-order valence-corrected chi connectivity index (χ0v) is 10.8. The molecule has 3 heteroatoms. The van der Waals surface area contributed by atoms with E-state index >= 15 is 0 Å². The summed E-state index contributed by atoms with van der Waals surface area (Å²) in [6, 6.07) is 4.68. The molecule has 1 fully saturated rings. The maximum atomic E-state index is 5.68. The molecule has 1 aliphatic rings. The number of nitrogens with zero attached hydrogens (tertiary/aromatic N) is 1. The Morgan fingerprint density at radius 1 is 1.53 bits per heavy atom. The first-order chi connectivity index (χ1) is 8.29. The van der Waals surface area contributed by atoms with Gasteiger partial charge in [-0.15, -0.1) is 0 Å². The van der Waals surface area contributed by atoms with E-state index in [2.05, 4.69) is 30.2 Å². The quantitative estimate of drug-likeness (QED) is 0.869. The maximum Gasteiger partial charge on any atom is 0.0587 e. The Morgan fingerprint density at radius 2 is 2.41 bits per heavy atom. The number of hydrogen-bond donors (Lipinski definition) is 1. The van der Waals surface area contributed by atoms with E-state index in [-0.39, 0.29) is 0 Å². The number of pyridine rings is 1. The van der Waals surface area contributed by atoms with Crippen molar-refractivity contribution in [1.29, 1.82) is 0 Å². The van der Waals surface area contributed by atoms with Gasteiger partial charge in [-0.2, -0.15) is 0 Å². The number of rotatable bonds is 4. The van der Waals surface area contributed by atoms with Crippen molar-refractivity contribution in [3.8, 4) is 0 Å². The highest BCUT2D eigenvalue weighted by Crippen LogP contribution is 2.16. The van der Waals surface area contributed by atoms with E-state index in [1.54, 1.807) is 0 Å². The van der Waals surface area contributed by atoms with Crippen LogP contribution in [-0.2, 0) is 11.3 Å². The number of ether oxygens (including phenoxy) is 1. The minimum absolute atomic E-state index is 0.436. The highest BCUT2D eigenvalue weighted by molar-refractivity contribution is 5.17. The molecule has 1 aromatic rings. The smallest absolute Gasteiger partial charge is 0.0587 e. The summed E-state index contributed by atoms with van der Waals surface area (Å²) in [5.41, 5.74) is 2.42. The zero-order valence-electron chi connectivity index (χ0n) is 10.8. The minimum Gasteiger partial charge on any atom is -0.378 e. The first-order valence-corrected chi connectivity index (χ1v) is 6.55. The Balaban J connectivity index is 1.84. The van der Waals surface area contributed by atoms with Crippen molar-refractivity contribution in [2.75, 3.05) is 6.61 Å². The standard InChI is InChI=1S/C14H22N2O/c1-3-13-9-12(6-8-17-13)16-10-14-11(2)5-4-7-15-14/h4-5,7,12-13,16H,3,6,8-10H2,1-2H3. The number of nitrogens with one attached hydrogen (secondary N) is 1. The van der Waals surface area contributed by atoms with Crippen molar-refractivity contribution in [2.45, 2.75) is 51.8 Å². The van der Waals surface area contributed by atoms with Crippen LogP contribution in [0.5, 0.6) is 0 Å². The summed E-state index contributed by atoms with van der Waals surface area (Å²) in [5, 5.41) is 3.60. The van der Waals surface area contributed by atoms with Gasteiger partial charge >= 0.3 is 0 Å². The van der Waals surface area contributed by atoms with Crippen LogP contribution in [0.2, 0.25) is 0 Å². The van der Waals surface area contributed by atoms with Crippen molar-refractivity contribution >= 4 is 0 Å². The summed E-state index contributed by atoms with van der Waals surface area (Å²) in [6.07, 6.45) is 5.65. The van der Waals surface area contributed by atoms with E-state index in [4.69, 9.17) is 4.74 Å². The molecule has 1 aromatic heterocycles. The largest absolute Gasteiger partial charge is 0.378 e. The Morgan fingerprint density at radius 3 is 3.18 bits per heavy atom. The van der Waals surface area contributed by atoms with Gasteiger partial charge in [0.2, 0.25) is 0 Å². The van der Waals surface area contributed by atoms with E-state index in [0.29, 0.717) is 12.1 Å². The summed E-state index contributed by atoms with van der Waals surface area (Å²) in [7, 11) is 0. The Bertz CT molecular complexity index is 354. The molecule has 2 rings (SSSR count). The van der Waals surface area contributed by atoms with E-state index in [1.165, 1.54) is 5.56 Å². The molecular weight excluding hydrogens is 212 g/mol. The second-order valence-corrected chi connectivity index (χ2v) is 4.77. The van der Waals surface area contributed by atoms with Crippen LogP contribution in [-0.4, -0.2) is 23.7 Å². The van der Waals surface area contributed by atoms with E-state index in [0.717, 1.165) is 38.1 Å². The molecule has 0 aromatic carbocycles. The third-order valence-corrected chi connectivity index (χ3v) is 3.50. The average Bonchev–Trinajstić information content (AvgIpc) is 2.38. The predicted molar refractivity (Wildman–Crippen MR) is 68.9 cm³/mol. The lowest BCUT2D eigenvalue weighted by Crippen LogP contribution is -2.38. The summed E-state index contributed by atoms with van der Waals surface area (Å²) in [5.74, 6) is 0. The molecular formula is C14H22N2O. The molecule has 94 valence electrons. The fourth-order valence-corrected chi connectivity index (χ4v) is 2.29. The fraction of sp³-hybridized carbons (Fsp3) is 0.643. The fourth-order valence-electron chi connectivity index (χ4n) is 2.29. The van der Waals surface area contributed by atoms with Gasteiger partial charge < -0.3 is 10.1 Å². The van der Waals surface area contributed by atoms with Crippen LogP contribution in [0.3, 0.4) is 0 Å². The van der Waals surface area contributed by atoms with Crippen molar-refractivity contribution in [1.82, 2.24) is 10.3 Å². The number of aryl methyl sites for hydroxylation is 1. The molecule has 2 atom stereocenters. The van der Waals surface area contributed by atoms with Gasteiger partial charge in [0.25, 0.3) is 0 Å². The van der Waals surface area contributed by atoms with Crippen molar-refractivity contribution in [2.24, 2.45) is 0 Å². The molecule has 0 bridgehead atoms. The molecule has 1 saturated heterocycles. The van der Waals surface area contributed by atoms with Crippen LogP contribution >= 0.6 is 0 Å². The SMILES string of the molecule is CCC1CC(NCc2ncccc2C)CCO1. The summed E-state index contributed by atoms with van der Waals surface area (Å²) in [4.78, 5) is 4.41. The molecule has 17 heavy (non-hydrogen) atoms. The van der Waals surface area contributed by atoms with Crippen LogP contribution < -0.4 is 5.32 Å². The molecule has 0 amide bonds. The van der Waals surface area contributed by atoms with Crippen LogP contribution in [0.25, 0.3) is 0 Å². The van der Waals surface area contributed by atoms with Gasteiger partial charge in [0.1, 0.15) is 0 Å². The Hall–Kier alpha value is -0.930. The number of aromatic nitrogens is 1. The molecule has 0 spiro atoms. The van der Waals surface area contributed by atoms with Gasteiger partial charge in [0.05, 0.1) is 11.8 Å². The highest BCUT2D eigenvalue weighted by Gasteiger charge is 2.20. The van der Waals surface area contributed by atoms with Crippen LogP contribution in [0.4, 0.5) is 0 Å². The van der Waals surface area contributed by atoms with Crippen molar-refractivity contribution < 1.29 is 4.74 Å². The molecule has 3 nitrogen and oxygen atoms in total. The number of hydrogen-bond acceptors (Lipinski definition) is 3. The molecule has 1 aliphatic heterocycles. The first-order valence-electron chi connectivity index (χ1n) is 6.55. The van der Waals surface area contributed by atoms with Gasteiger partial charge in [0, 0.05) is 25.4 Å². The van der Waals surface area contributed by atoms with Crippen molar-refractivity contribution in [3.63, 3.8) is 0 Å². The van der Waals surface area contributed by atoms with E-state index in [9.17, 15) is 0 Å². The average molecular weight is 234 g/mol. The maximum absolute atomic E-state index is 5.68. The van der Waals surface area contributed by atoms with Crippen molar-refractivity contribution in [3.05, 3.63) is 29.6 Å². The van der Waals surface area contributed by atoms with Crippen LogP contribution in [0.1, 0.15) is 37.4 Å². The third-order valence-electron chi connectivity index (χ3n) is 3.50. The topological polar surface area (TPSA) is 34.2 Å². The van der Waals surface area contributed by atoms with Gasteiger partial charge in [0.15, 0.2) is 0 Å². The summed E-state index contributed by atoms with van der Waals surface area (Å²) >= 11 is 0. The summed E-state index contributed by atoms with van der Waals surface area (Å²) < 4.78 is 5.68. The minimum atomic E-state index is 0.436. The highest BCUT2D eigenvalue weighted by atomic mass is 16.5. The third kappa shape index (κ3) is 3.51. The first kappa shape index (κ1) is 12.5. The van der Waals surface area contributed by atoms with Gasteiger partial charge in [-0.1, -0.05) is 13.0 Å². The Labute approximate surface area is 104 Å². The molecule has 0 radical (unpaired) electrons. The second kappa shape index (κ2) is 6.12. The lowest BCUT2D eigenvalue weighted by Gasteiger charge is -2.29. The Kier molecular flexibility index (Phi) is 4.51. The lowest BCUT2D eigenvalue weighted by atomic mass is 10.0. The van der Waals surface area contributed by atoms with Gasteiger partial charge in [-0.05, 0) is 37.8 Å². The normalized spacial score (nSPS) is 24.8. The molecule has 0 aliphatic carbocycles. The molecule has 2 heterocycles.